The Bertz CT molecular complexity index is 409. The van der Waals surface area contributed by atoms with E-state index in [1.54, 1.807) is 0 Å². The summed E-state index contributed by atoms with van der Waals surface area (Å²) in [4.78, 5) is 12.0. The molecule has 1 rings (SSSR count). The molecule has 0 radical (unpaired) electrons. The number of alkyl halides is 1. The number of benzene rings is 1. The average Bonchev–Trinajstić information content (AvgIpc) is 2.28. The predicted molar refractivity (Wildman–Crippen MR) is 73.0 cm³/mol. The monoisotopic (exact) mass is 319 g/mol. The van der Waals surface area contributed by atoms with Crippen molar-refractivity contribution in [3.63, 3.8) is 0 Å². The number of phenols is 1. The molecule has 1 aromatic carbocycles. The van der Waals surface area contributed by atoms with Gasteiger partial charge in [0.2, 0.25) is 0 Å². The van der Waals surface area contributed by atoms with Crippen LogP contribution in [0.25, 0.3) is 0 Å². The Labute approximate surface area is 114 Å². The van der Waals surface area contributed by atoms with Gasteiger partial charge < -0.3 is 10.4 Å². The van der Waals surface area contributed by atoms with Gasteiger partial charge >= 0.3 is 0 Å². The van der Waals surface area contributed by atoms with Crippen LogP contribution in [0.1, 0.15) is 24.2 Å². The number of hydrogen-bond acceptors (Lipinski definition) is 2. The zero-order chi connectivity index (χ0) is 13.0. The highest BCUT2D eigenvalue weighted by atomic mass is 79.9. The molecule has 5 heteroatoms. The van der Waals surface area contributed by atoms with Gasteiger partial charge in [-0.3, -0.25) is 4.79 Å². The molecule has 1 aromatic rings. The van der Waals surface area contributed by atoms with Gasteiger partial charge in [-0.1, -0.05) is 41.4 Å². The normalized spacial score (nSPS) is 12.5. The first-order valence-electron chi connectivity index (χ1n) is 5.31. The molecule has 1 amide bonds. The summed E-state index contributed by atoms with van der Waals surface area (Å²) < 4.78 is 0. The maximum atomic E-state index is 12.0. The molecule has 1 unspecified atom stereocenters. The Morgan fingerprint density at radius 1 is 1.53 bits per heavy atom. The van der Waals surface area contributed by atoms with Gasteiger partial charge in [-0.2, -0.15) is 0 Å². The molecule has 0 saturated heterocycles. The second-order valence-electron chi connectivity index (χ2n) is 4.14. The molecular formula is C12H15BrClNO2. The average molecular weight is 321 g/mol. The van der Waals surface area contributed by atoms with Gasteiger partial charge in [-0.25, -0.2) is 0 Å². The van der Waals surface area contributed by atoms with Crippen LogP contribution >= 0.6 is 27.5 Å². The van der Waals surface area contributed by atoms with Crippen LogP contribution in [0.15, 0.2) is 18.2 Å². The van der Waals surface area contributed by atoms with Gasteiger partial charge in [-0.05, 0) is 24.1 Å². The SMILES string of the molecule is CC(C)C(CBr)NC(=O)c1cc(O)ccc1Cl. The van der Waals surface area contributed by atoms with Crippen molar-refractivity contribution in [3.8, 4) is 5.75 Å². The number of rotatable bonds is 4. The number of amides is 1. The van der Waals surface area contributed by atoms with Gasteiger partial charge in [0, 0.05) is 11.4 Å². The quantitative estimate of drug-likeness (QED) is 0.837. The van der Waals surface area contributed by atoms with E-state index >= 15 is 0 Å². The third-order valence-corrected chi connectivity index (χ3v) is 3.51. The van der Waals surface area contributed by atoms with Crippen molar-refractivity contribution in [1.29, 1.82) is 0 Å². The fourth-order valence-electron chi connectivity index (χ4n) is 1.32. The van der Waals surface area contributed by atoms with E-state index < -0.39 is 0 Å². The van der Waals surface area contributed by atoms with E-state index in [9.17, 15) is 9.90 Å². The van der Waals surface area contributed by atoms with Crippen LogP contribution in [0.5, 0.6) is 5.75 Å². The lowest BCUT2D eigenvalue weighted by Crippen LogP contribution is -2.39. The van der Waals surface area contributed by atoms with E-state index in [-0.39, 0.29) is 17.7 Å². The summed E-state index contributed by atoms with van der Waals surface area (Å²) in [6, 6.07) is 4.35. The van der Waals surface area contributed by atoms with Crippen LogP contribution in [0, 0.1) is 5.92 Å². The lowest BCUT2D eigenvalue weighted by molar-refractivity contribution is 0.0931. The van der Waals surface area contributed by atoms with Gasteiger partial charge in [0.25, 0.3) is 5.91 Å². The first-order chi connectivity index (χ1) is 7.95. The minimum Gasteiger partial charge on any atom is -0.508 e. The summed E-state index contributed by atoms with van der Waals surface area (Å²) >= 11 is 9.27. The third-order valence-electron chi connectivity index (χ3n) is 2.48. The van der Waals surface area contributed by atoms with E-state index in [0.717, 1.165) is 0 Å². The van der Waals surface area contributed by atoms with E-state index in [4.69, 9.17) is 11.6 Å². The van der Waals surface area contributed by atoms with Crippen molar-refractivity contribution in [2.45, 2.75) is 19.9 Å². The highest BCUT2D eigenvalue weighted by Crippen LogP contribution is 2.21. The summed E-state index contributed by atoms with van der Waals surface area (Å²) in [6.07, 6.45) is 0. The van der Waals surface area contributed by atoms with Crippen molar-refractivity contribution >= 4 is 33.4 Å². The first kappa shape index (κ1) is 14.3. The van der Waals surface area contributed by atoms with Crippen LogP contribution in [0.3, 0.4) is 0 Å². The van der Waals surface area contributed by atoms with Crippen LogP contribution < -0.4 is 5.32 Å². The van der Waals surface area contributed by atoms with Crippen LogP contribution in [-0.2, 0) is 0 Å². The van der Waals surface area contributed by atoms with Crippen molar-refractivity contribution in [3.05, 3.63) is 28.8 Å². The molecule has 0 fully saturated rings. The number of phenolic OH excluding ortho intramolecular Hbond substituents is 1. The molecule has 0 aliphatic carbocycles. The summed E-state index contributed by atoms with van der Waals surface area (Å²) in [5.41, 5.74) is 0.290. The Hall–Kier alpha value is -0.740. The number of halogens is 2. The summed E-state index contributed by atoms with van der Waals surface area (Å²) in [7, 11) is 0. The summed E-state index contributed by atoms with van der Waals surface area (Å²) in [6.45, 7) is 4.05. The number of carbonyl (C=O) groups is 1. The van der Waals surface area contributed by atoms with Gasteiger partial charge in [0.05, 0.1) is 10.6 Å². The zero-order valence-electron chi connectivity index (χ0n) is 9.71. The maximum absolute atomic E-state index is 12.0. The molecule has 3 nitrogen and oxygen atoms in total. The summed E-state index contributed by atoms with van der Waals surface area (Å²) in [5.74, 6) is 0.0675. The van der Waals surface area contributed by atoms with E-state index in [1.165, 1.54) is 18.2 Å². The molecule has 0 aliphatic heterocycles. The van der Waals surface area contributed by atoms with Crippen molar-refractivity contribution in [2.24, 2.45) is 5.92 Å². The lowest BCUT2D eigenvalue weighted by Gasteiger charge is -2.20. The highest BCUT2D eigenvalue weighted by Gasteiger charge is 2.18. The topological polar surface area (TPSA) is 49.3 Å². The van der Waals surface area contributed by atoms with E-state index in [0.29, 0.717) is 21.8 Å². The van der Waals surface area contributed by atoms with E-state index in [1.807, 2.05) is 13.8 Å². The van der Waals surface area contributed by atoms with E-state index in [2.05, 4.69) is 21.2 Å². The van der Waals surface area contributed by atoms with Gasteiger partial charge in [-0.15, -0.1) is 0 Å². The maximum Gasteiger partial charge on any atom is 0.253 e. The molecule has 2 N–H and O–H groups in total. The van der Waals surface area contributed by atoms with Gasteiger partial charge in [0.1, 0.15) is 5.75 Å². The Kier molecular flexibility index (Phi) is 5.28. The number of aromatic hydroxyl groups is 1. The highest BCUT2D eigenvalue weighted by molar-refractivity contribution is 9.09. The predicted octanol–water partition coefficient (Wildman–Crippen LogP) is 3.19. The Morgan fingerprint density at radius 3 is 2.71 bits per heavy atom. The smallest absolute Gasteiger partial charge is 0.253 e. The second-order valence-corrected chi connectivity index (χ2v) is 5.20. The molecule has 0 aromatic heterocycles. The Balaban J connectivity index is 2.86. The van der Waals surface area contributed by atoms with Crippen molar-refractivity contribution in [1.82, 2.24) is 5.32 Å². The molecule has 0 heterocycles. The number of nitrogens with one attached hydrogen (secondary N) is 1. The molecule has 17 heavy (non-hydrogen) atoms. The zero-order valence-corrected chi connectivity index (χ0v) is 12.0. The van der Waals surface area contributed by atoms with Crippen molar-refractivity contribution in [2.75, 3.05) is 5.33 Å². The molecular weight excluding hydrogens is 305 g/mol. The minimum atomic E-state index is -0.274. The summed E-state index contributed by atoms with van der Waals surface area (Å²) in [5, 5.41) is 13.2. The van der Waals surface area contributed by atoms with Crippen LogP contribution in [0.4, 0.5) is 0 Å². The molecule has 1 atom stereocenters. The van der Waals surface area contributed by atoms with Crippen LogP contribution in [-0.4, -0.2) is 22.4 Å². The Morgan fingerprint density at radius 2 is 2.18 bits per heavy atom. The largest absolute Gasteiger partial charge is 0.508 e. The molecule has 0 spiro atoms. The fraction of sp³-hybridized carbons (Fsp3) is 0.417. The lowest BCUT2D eigenvalue weighted by atomic mass is 10.1. The first-order valence-corrected chi connectivity index (χ1v) is 6.81. The molecule has 94 valence electrons. The minimum absolute atomic E-state index is 0.0273. The van der Waals surface area contributed by atoms with Crippen LogP contribution in [0.2, 0.25) is 5.02 Å². The van der Waals surface area contributed by atoms with Gasteiger partial charge in [0.15, 0.2) is 0 Å². The van der Waals surface area contributed by atoms with Crippen molar-refractivity contribution < 1.29 is 9.90 Å². The number of carbonyl (C=O) groups excluding carboxylic acids is 1. The molecule has 0 bridgehead atoms. The third kappa shape index (κ3) is 3.89. The molecule has 0 saturated carbocycles. The fourth-order valence-corrected chi connectivity index (χ4v) is 2.43. The second kappa shape index (κ2) is 6.26. The number of hydrogen-bond donors (Lipinski definition) is 2. The standard InChI is InChI=1S/C12H15BrClNO2/c1-7(2)11(6-13)15-12(17)9-5-8(16)3-4-10(9)14/h3-5,7,11,16H,6H2,1-2H3,(H,15,17). The molecule has 0 aliphatic rings.